The van der Waals surface area contributed by atoms with Crippen LogP contribution in [0, 0.1) is 0 Å². The van der Waals surface area contributed by atoms with Gasteiger partial charge in [-0.2, -0.15) is 0 Å². The Bertz CT molecular complexity index is 2740. The molecule has 0 fully saturated rings. The van der Waals surface area contributed by atoms with Crippen molar-refractivity contribution in [3.63, 3.8) is 0 Å². The summed E-state index contributed by atoms with van der Waals surface area (Å²) < 4.78 is 5.18. The molecular formula is C40H23NS. The van der Waals surface area contributed by atoms with Crippen molar-refractivity contribution < 1.29 is 0 Å². The van der Waals surface area contributed by atoms with Crippen LogP contribution in [0.4, 0.5) is 0 Å². The molecule has 0 radical (unpaired) electrons. The zero-order chi connectivity index (χ0) is 27.4. The van der Waals surface area contributed by atoms with Crippen LogP contribution < -0.4 is 0 Å². The number of fused-ring (bicyclic) bond motifs is 15. The van der Waals surface area contributed by atoms with Gasteiger partial charge in [-0.3, -0.25) is 0 Å². The maximum absolute atomic E-state index is 2.52. The van der Waals surface area contributed by atoms with Gasteiger partial charge in [-0.1, -0.05) is 109 Å². The highest BCUT2D eigenvalue weighted by Crippen LogP contribution is 2.45. The second-order valence-corrected chi connectivity index (χ2v) is 12.4. The first-order valence-electron chi connectivity index (χ1n) is 14.4. The predicted molar refractivity (Wildman–Crippen MR) is 184 cm³/mol. The summed E-state index contributed by atoms with van der Waals surface area (Å²) in [6, 6.07) is 51.7. The maximum Gasteiger partial charge on any atom is 0.0626 e. The standard InChI is InChI=1S/C40H23NS/c1-3-11-27-24(9-1)17-20-32-37(27)29-13-5-6-14-30(29)39-31-15-7-8-16-34(31)41(40(32)39)26-19-22-35-33(23-26)38-28-12-4-2-10-25(28)18-21-36(38)42-35/h1-23H. The van der Waals surface area contributed by atoms with Gasteiger partial charge < -0.3 is 4.57 Å². The van der Waals surface area contributed by atoms with Gasteiger partial charge in [0.05, 0.1) is 11.0 Å². The average Bonchev–Trinajstić information content (AvgIpc) is 3.61. The first-order chi connectivity index (χ1) is 20.8. The number of benzene rings is 8. The molecule has 2 heteroatoms. The number of aromatic nitrogens is 1. The molecule has 2 heterocycles. The lowest BCUT2D eigenvalue weighted by atomic mass is 9.93. The van der Waals surface area contributed by atoms with E-state index in [1.165, 1.54) is 90.8 Å². The Labute approximate surface area is 245 Å². The molecule has 8 aromatic carbocycles. The Morgan fingerprint density at radius 2 is 0.976 bits per heavy atom. The number of hydrogen-bond acceptors (Lipinski definition) is 1. The van der Waals surface area contributed by atoms with Crippen molar-refractivity contribution in [2.75, 3.05) is 0 Å². The summed E-state index contributed by atoms with van der Waals surface area (Å²) in [6.07, 6.45) is 0. The highest BCUT2D eigenvalue weighted by molar-refractivity contribution is 7.26. The van der Waals surface area contributed by atoms with Crippen molar-refractivity contribution in [1.29, 1.82) is 0 Å². The van der Waals surface area contributed by atoms with Crippen molar-refractivity contribution in [1.82, 2.24) is 4.57 Å². The van der Waals surface area contributed by atoms with Crippen molar-refractivity contribution in [2.24, 2.45) is 0 Å². The van der Waals surface area contributed by atoms with Gasteiger partial charge in [0.2, 0.25) is 0 Å². The fourth-order valence-corrected chi connectivity index (χ4v) is 8.49. The highest BCUT2D eigenvalue weighted by atomic mass is 32.1. The Hall–Kier alpha value is -5.18. The molecule has 194 valence electrons. The molecule has 0 spiro atoms. The summed E-state index contributed by atoms with van der Waals surface area (Å²) in [4.78, 5) is 0. The number of rotatable bonds is 1. The first-order valence-corrected chi connectivity index (χ1v) is 15.3. The van der Waals surface area contributed by atoms with Crippen LogP contribution in [-0.4, -0.2) is 4.57 Å². The van der Waals surface area contributed by atoms with E-state index in [0.29, 0.717) is 0 Å². The van der Waals surface area contributed by atoms with Gasteiger partial charge in [-0.25, -0.2) is 0 Å². The quantitative estimate of drug-likeness (QED) is 0.179. The van der Waals surface area contributed by atoms with E-state index in [2.05, 4.69) is 144 Å². The largest absolute Gasteiger partial charge is 0.309 e. The number of hydrogen-bond donors (Lipinski definition) is 0. The minimum Gasteiger partial charge on any atom is -0.309 e. The van der Waals surface area contributed by atoms with E-state index in [0.717, 1.165) is 0 Å². The first kappa shape index (κ1) is 22.5. The van der Waals surface area contributed by atoms with Crippen molar-refractivity contribution in [2.45, 2.75) is 0 Å². The van der Waals surface area contributed by atoms with Crippen LogP contribution in [0.5, 0.6) is 0 Å². The van der Waals surface area contributed by atoms with E-state index in [1.807, 2.05) is 11.3 Å². The monoisotopic (exact) mass is 549 g/mol. The van der Waals surface area contributed by atoms with Crippen LogP contribution in [0.3, 0.4) is 0 Å². The lowest BCUT2D eigenvalue weighted by molar-refractivity contribution is 1.19. The summed E-state index contributed by atoms with van der Waals surface area (Å²) in [5, 5.41) is 15.7. The molecule has 0 aliphatic heterocycles. The molecule has 0 atom stereocenters. The third-order valence-electron chi connectivity index (χ3n) is 9.13. The molecule has 10 rings (SSSR count). The Morgan fingerprint density at radius 3 is 1.76 bits per heavy atom. The van der Waals surface area contributed by atoms with Gasteiger partial charge >= 0.3 is 0 Å². The Balaban J connectivity index is 1.44. The fraction of sp³-hybridized carbons (Fsp3) is 0. The van der Waals surface area contributed by atoms with Gasteiger partial charge in [-0.15, -0.1) is 11.3 Å². The van der Waals surface area contributed by atoms with Crippen molar-refractivity contribution in [3.05, 3.63) is 140 Å². The van der Waals surface area contributed by atoms with E-state index in [-0.39, 0.29) is 0 Å². The average molecular weight is 550 g/mol. The van der Waals surface area contributed by atoms with Crippen molar-refractivity contribution in [3.8, 4) is 5.69 Å². The number of para-hydroxylation sites is 1. The van der Waals surface area contributed by atoms with E-state index in [1.54, 1.807) is 0 Å². The van der Waals surface area contributed by atoms with Crippen LogP contribution in [0.1, 0.15) is 0 Å². The molecule has 0 aliphatic rings. The van der Waals surface area contributed by atoms with Crippen molar-refractivity contribution >= 4 is 96.4 Å². The summed E-state index contributed by atoms with van der Waals surface area (Å²) in [5.74, 6) is 0. The molecule has 2 aromatic heterocycles. The molecule has 0 saturated heterocycles. The normalized spacial score (nSPS) is 12.3. The van der Waals surface area contributed by atoms with Crippen LogP contribution in [0.25, 0.3) is 90.8 Å². The number of nitrogens with zero attached hydrogens (tertiary/aromatic N) is 1. The maximum atomic E-state index is 2.52. The molecule has 0 bridgehead atoms. The molecule has 0 N–H and O–H groups in total. The third kappa shape index (κ3) is 2.87. The summed E-state index contributed by atoms with van der Waals surface area (Å²) in [5.41, 5.74) is 3.72. The summed E-state index contributed by atoms with van der Waals surface area (Å²) >= 11 is 1.89. The van der Waals surface area contributed by atoms with E-state index >= 15 is 0 Å². The molecule has 0 saturated carbocycles. The Morgan fingerprint density at radius 1 is 0.381 bits per heavy atom. The second kappa shape index (κ2) is 8.19. The minimum absolute atomic E-state index is 1.20. The molecule has 0 unspecified atom stereocenters. The van der Waals surface area contributed by atoms with Gasteiger partial charge in [-0.05, 0) is 68.0 Å². The zero-order valence-electron chi connectivity index (χ0n) is 22.6. The van der Waals surface area contributed by atoms with Gasteiger partial charge in [0.25, 0.3) is 0 Å². The van der Waals surface area contributed by atoms with Gasteiger partial charge in [0.1, 0.15) is 0 Å². The predicted octanol–water partition coefficient (Wildman–Crippen LogP) is 11.8. The van der Waals surface area contributed by atoms with Gasteiger partial charge in [0.15, 0.2) is 0 Å². The topological polar surface area (TPSA) is 4.93 Å². The highest BCUT2D eigenvalue weighted by Gasteiger charge is 2.20. The van der Waals surface area contributed by atoms with Crippen LogP contribution >= 0.6 is 11.3 Å². The molecule has 42 heavy (non-hydrogen) atoms. The van der Waals surface area contributed by atoms with E-state index < -0.39 is 0 Å². The summed E-state index contributed by atoms with van der Waals surface area (Å²) in [7, 11) is 0. The molecular weight excluding hydrogens is 527 g/mol. The van der Waals surface area contributed by atoms with Crippen LogP contribution in [0.15, 0.2) is 140 Å². The third-order valence-corrected chi connectivity index (χ3v) is 10.3. The van der Waals surface area contributed by atoms with Gasteiger partial charge in [0, 0.05) is 42.0 Å². The SMILES string of the molecule is c1ccc2c(c1)ccc1sc3ccc(-n4c5ccccc5c5c6ccccc6c6c7ccccc7ccc6c54)cc3c12. The molecule has 1 nitrogen and oxygen atoms in total. The van der Waals surface area contributed by atoms with E-state index in [9.17, 15) is 0 Å². The van der Waals surface area contributed by atoms with Crippen LogP contribution in [-0.2, 0) is 0 Å². The molecule has 0 amide bonds. The fourth-order valence-electron chi connectivity index (χ4n) is 7.39. The smallest absolute Gasteiger partial charge is 0.0626 e. The van der Waals surface area contributed by atoms with E-state index in [4.69, 9.17) is 0 Å². The Kier molecular flexibility index (Phi) is 4.39. The minimum atomic E-state index is 1.20. The molecule has 0 aliphatic carbocycles. The lowest BCUT2D eigenvalue weighted by Gasteiger charge is -2.14. The number of thiophene rings is 1. The molecule has 10 aromatic rings. The summed E-state index contributed by atoms with van der Waals surface area (Å²) in [6.45, 7) is 0. The van der Waals surface area contributed by atoms with Crippen LogP contribution in [0.2, 0.25) is 0 Å². The second-order valence-electron chi connectivity index (χ2n) is 11.3. The zero-order valence-corrected chi connectivity index (χ0v) is 23.5. The lowest BCUT2D eigenvalue weighted by Crippen LogP contribution is -1.95.